The maximum atomic E-state index is 5.83. The summed E-state index contributed by atoms with van der Waals surface area (Å²) in [6.07, 6.45) is 1.92. The highest BCUT2D eigenvalue weighted by atomic mass is 16.5. The van der Waals surface area contributed by atoms with Crippen molar-refractivity contribution >= 4 is 0 Å². The maximum absolute atomic E-state index is 5.83. The van der Waals surface area contributed by atoms with Crippen LogP contribution in [0.15, 0.2) is 6.07 Å². The van der Waals surface area contributed by atoms with Crippen molar-refractivity contribution in [3.05, 3.63) is 17.5 Å². The van der Waals surface area contributed by atoms with Gasteiger partial charge in [-0.05, 0) is 19.5 Å². The molecule has 2 heterocycles. The van der Waals surface area contributed by atoms with Gasteiger partial charge in [-0.3, -0.25) is 16.0 Å². The van der Waals surface area contributed by atoms with Gasteiger partial charge in [0.1, 0.15) is 0 Å². The number of aromatic nitrogens is 2. The fraction of sp³-hybridized carbons (Fsp3) is 0.769. The van der Waals surface area contributed by atoms with Gasteiger partial charge in [0.15, 0.2) is 0 Å². The highest BCUT2D eigenvalue weighted by Gasteiger charge is 2.27. The zero-order chi connectivity index (χ0) is 13.8. The third-order valence-electron chi connectivity index (χ3n) is 3.78. The number of nitrogens with two attached hydrogens (primary N) is 1. The predicted octanol–water partition coefficient (Wildman–Crippen LogP) is -0.312. The monoisotopic (exact) mass is 267 g/mol. The number of rotatable bonds is 5. The van der Waals surface area contributed by atoms with Crippen LogP contribution in [0.1, 0.15) is 18.3 Å². The van der Waals surface area contributed by atoms with E-state index in [1.165, 1.54) is 5.69 Å². The van der Waals surface area contributed by atoms with Gasteiger partial charge in [0.2, 0.25) is 0 Å². The molecule has 1 aliphatic heterocycles. The van der Waals surface area contributed by atoms with Crippen LogP contribution in [0.2, 0.25) is 0 Å². The van der Waals surface area contributed by atoms with E-state index in [1.807, 2.05) is 11.7 Å². The van der Waals surface area contributed by atoms with Crippen LogP contribution in [-0.4, -0.2) is 53.6 Å². The molecule has 3 N–H and O–H groups in total. The molecule has 1 aromatic heterocycles. The molecule has 0 radical (unpaired) electrons. The molecule has 2 rings (SSSR count). The lowest BCUT2D eigenvalue weighted by atomic mass is 10.0. The summed E-state index contributed by atoms with van der Waals surface area (Å²) in [5, 5.41) is 4.47. The first kappa shape index (κ1) is 14.5. The highest BCUT2D eigenvalue weighted by molar-refractivity contribution is 5.12. The Balaban J connectivity index is 2.03. The van der Waals surface area contributed by atoms with E-state index in [0.29, 0.717) is 0 Å². The van der Waals surface area contributed by atoms with Crippen molar-refractivity contribution in [1.29, 1.82) is 0 Å². The second kappa shape index (κ2) is 6.47. The van der Waals surface area contributed by atoms with Gasteiger partial charge in [0.25, 0.3) is 0 Å². The summed E-state index contributed by atoms with van der Waals surface area (Å²) in [5.74, 6) is 5.71. The number of ether oxygens (including phenoxy) is 1. The molecule has 1 fully saturated rings. The molecule has 6 heteroatoms. The Morgan fingerprint density at radius 2 is 2.37 bits per heavy atom. The van der Waals surface area contributed by atoms with Gasteiger partial charge >= 0.3 is 0 Å². The zero-order valence-electron chi connectivity index (χ0n) is 12.1. The first-order valence-corrected chi connectivity index (χ1v) is 6.92. The summed E-state index contributed by atoms with van der Waals surface area (Å²) in [5.41, 5.74) is 5.21. The molecule has 2 atom stereocenters. The molecular formula is C13H25N5O. The van der Waals surface area contributed by atoms with Crippen molar-refractivity contribution in [2.45, 2.75) is 31.9 Å². The average Bonchev–Trinajstić information content (AvgIpc) is 2.76. The highest BCUT2D eigenvalue weighted by Crippen LogP contribution is 2.13. The van der Waals surface area contributed by atoms with Crippen LogP contribution in [0, 0.1) is 0 Å². The van der Waals surface area contributed by atoms with E-state index in [0.717, 1.165) is 38.2 Å². The second-order valence-electron chi connectivity index (χ2n) is 5.25. The summed E-state index contributed by atoms with van der Waals surface area (Å²) >= 11 is 0. The Morgan fingerprint density at radius 1 is 1.58 bits per heavy atom. The van der Waals surface area contributed by atoms with Gasteiger partial charge in [0.05, 0.1) is 24.4 Å². The van der Waals surface area contributed by atoms with Gasteiger partial charge in [0, 0.05) is 32.3 Å². The second-order valence-corrected chi connectivity index (χ2v) is 5.25. The summed E-state index contributed by atoms with van der Waals surface area (Å²) in [6.45, 7) is 4.78. The Hall–Kier alpha value is -0.950. The number of morpholine rings is 1. The topological polar surface area (TPSA) is 68.3 Å². The van der Waals surface area contributed by atoms with Crippen molar-refractivity contribution in [2.24, 2.45) is 12.9 Å². The largest absolute Gasteiger partial charge is 0.374 e. The average molecular weight is 267 g/mol. The van der Waals surface area contributed by atoms with Crippen LogP contribution in [-0.2, 0) is 24.6 Å². The zero-order valence-corrected chi connectivity index (χ0v) is 12.1. The third kappa shape index (κ3) is 3.54. The molecule has 108 valence electrons. The standard InChI is InChI=1S/C13H25N5O/c1-4-10-7-11(18(3)16-10)8-12(15-14)13-9-17(2)5-6-19-13/h7,12-13,15H,4-6,8-9,14H2,1-3H3. The van der Waals surface area contributed by atoms with Crippen LogP contribution in [0.3, 0.4) is 0 Å². The molecule has 0 saturated carbocycles. The van der Waals surface area contributed by atoms with E-state index in [2.05, 4.69) is 35.5 Å². The van der Waals surface area contributed by atoms with E-state index in [1.54, 1.807) is 0 Å². The summed E-state index contributed by atoms with van der Waals surface area (Å²) < 4.78 is 7.77. The number of hydrogen-bond donors (Lipinski definition) is 2. The summed E-state index contributed by atoms with van der Waals surface area (Å²) in [4.78, 5) is 2.28. The normalized spacial score (nSPS) is 22.6. The fourth-order valence-corrected chi connectivity index (χ4v) is 2.51. The van der Waals surface area contributed by atoms with Crippen LogP contribution in [0.4, 0.5) is 0 Å². The number of likely N-dealkylation sites (N-methyl/N-ethyl adjacent to an activating group) is 1. The minimum atomic E-state index is 0.114. The molecule has 1 saturated heterocycles. The lowest BCUT2D eigenvalue weighted by Crippen LogP contribution is -2.54. The molecule has 1 aliphatic rings. The fourth-order valence-electron chi connectivity index (χ4n) is 2.51. The quantitative estimate of drug-likeness (QED) is 0.566. The number of hydrogen-bond acceptors (Lipinski definition) is 5. The van der Waals surface area contributed by atoms with Gasteiger partial charge in [-0.1, -0.05) is 6.92 Å². The Bertz CT molecular complexity index is 406. The molecule has 0 spiro atoms. The van der Waals surface area contributed by atoms with E-state index < -0.39 is 0 Å². The van der Waals surface area contributed by atoms with E-state index in [4.69, 9.17) is 10.6 Å². The third-order valence-corrected chi connectivity index (χ3v) is 3.78. The van der Waals surface area contributed by atoms with Crippen molar-refractivity contribution < 1.29 is 4.74 Å². The molecule has 0 amide bonds. The van der Waals surface area contributed by atoms with Gasteiger partial charge in [-0.25, -0.2) is 0 Å². The minimum Gasteiger partial charge on any atom is -0.374 e. The molecule has 0 aromatic carbocycles. The summed E-state index contributed by atoms with van der Waals surface area (Å²) in [7, 11) is 4.10. The molecule has 0 aliphatic carbocycles. The molecule has 2 unspecified atom stereocenters. The van der Waals surface area contributed by atoms with E-state index in [-0.39, 0.29) is 12.1 Å². The number of nitrogens with one attached hydrogen (secondary N) is 1. The van der Waals surface area contributed by atoms with Crippen molar-refractivity contribution in [3.8, 4) is 0 Å². The van der Waals surface area contributed by atoms with Crippen LogP contribution in [0.25, 0.3) is 0 Å². The molecular weight excluding hydrogens is 242 g/mol. The van der Waals surface area contributed by atoms with Gasteiger partial charge in [-0.15, -0.1) is 0 Å². The Labute approximate surface area is 114 Å². The number of aryl methyl sites for hydroxylation is 2. The van der Waals surface area contributed by atoms with Crippen molar-refractivity contribution in [1.82, 2.24) is 20.1 Å². The Morgan fingerprint density at radius 3 is 2.95 bits per heavy atom. The molecule has 1 aromatic rings. The minimum absolute atomic E-state index is 0.114. The number of nitrogens with zero attached hydrogens (tertiary/aromatic N) is 3. The van der Waals surface area contributed by atoms with Crippen LogP contribution in [0.5, 0.6) is 0 Å². The van der Waals surface area contributed by atoms with Crippen molar-refractivity contribution in [2.75, 3.05) is 26.7 Å². The first-order valence-electron chi connectivity index (χ1n) is 6.92. The van der Waals surface area contributed by atoms with E-state index >= 15 is 0 Å². The predicted molar refractivity (Wildman–Crippen MR) is 74.6 cm³/mol. The molecule has 6 nitrogen and oxygen atoms in total. The van der Waals surface area contributed by atoms with Crippen LogP contribution < -0.4 is 11.3 Å². The number of hydrazine groups is 1. The smallest absolute Gasteiger partial charge is 0.0872 e. The van der Waals surface area contributed by atoms with E-state index in [9.17, 15) is 0 Å². The lowest BCUT2D eigenvalue weighted by molar-refractivity contribution is -0.0387. The molecule has 0 bridgehead atoms. The Kier molecular flexibility index (Phi) is 4.93. The van der Waals surface area contributed by atoms with Gasteiger partial charge < -0.3 is 9.64 Å². The molecule has 19 heavy (non-hydrogen) atoms. The maximum Gasteiger partial charge on any atom is 0.0872 e. The lowest BCUT2D eigenvalue weighted by Gasteiger charge is -2.34. The van der Waals surface area contributed by atoms with Crippen LogP contribution >= 0.6 is 0 Å². The summed E-state index contributed by atoms with van der Waals surface area (Å²) in [6, 6.07) is 2.26. The first-order chi connectivity index (χ1) is 9.13. The SMILES string of the molecule is CCc1cc(CC(NN)C2CN(C)CCO2)n(C)n1. The van der Waals surface area contributed by atoms with Crippen molar-refractivity contribution in [3.63, 3.8) is 0 Å². The van der Waals surface area contributed by atoms with Gasteiger partial charge in [-0.2, -0.15) is 5.10 Å².